The topological polar surface area (TPSA) is 144 Å². The van der Waals surface area contributed by atoms with Crippen LogP contribution in [0.3, 0.4) is 0 Å². The van der Waals surface area contributed by atoms with Crippen molar-refractivity contribution < 1.29 is 33.0 Å². The lowest BCUT2D eigenvalue weighted by Gasteiger charge is -2.23. The minimum Gasteiger partial charge on any atom is -0.478 e. The Kier molecular flexibility index (Phi) is 14.4. The summed E-state index contributed by atoms with van der Waals surface area (Å²) in [7, 11) is -3.37. The fourth-order valence-corrected chi connectivity index (χ4v) is 3.76. The van der Waals surface area contributed by atoms with E-state index in [1.807, 2.05) is 6.92 Å². The number of sulfone groups is 1. The fourth-order valence-electron chi connectivity index (χ4n) is 2.49. The molecule has 10 nitrogen and oxygen atoms in total. The van der Waals surface area contributed by atoms with Gasteiger partial charge in [0.05, 0.1) is 10.6 Å². The van der Waals surface area contributed by atoms with E-state index in [4.69, 9.17) is 10.2 Å². The molecule has 0 spiro atoms. The Bertz CT molecular complexity index is 822. The number of rotatable bonds is 12. The van der Waals surface area contributed by atoms with Crippen LogP contribution in [0.5, 0.6) is 0 Å². The normalized spacial score (nSPS) is 11.0. The van der Waals surface area contributed by atoms with E-state index in [0.29, 0.717) is 30.1 Å². The van der Waals surface area contributed by atoms with Gasteiger partial charge in [-0.25, -0.2) is 22.8 Å². The van der Waals surface area contributed by atoms with Crippen molar-refractivity contribution in [2.75, 3.05) is 45.0 Å². The van der Waals surface area contributed by atoms with Crippen LogP contribution in [0.15, 0.2) is 47.4 Å². The molecule has 2 amide bonds. The first-order valence-electron chi connectivity index (χ1n) is 10.2. The second kappa shape index (κ2) is 15.8. The van der Waals surface area contributed by atoms with E-state index >= 15 is 0 Å². The molecule has 11 heteroatoms. The standard InChI is InChI=1S/C17H29N3O3S.C4H4O4/c1-4-19(5-2)13-12-18-17(21)20(6-3)14-15-24(22,23)16-10-8-7-9-11-16;5-3(6)1-2-4(7)8/h7-11H,4-6,12-15H2,1-3H3,(H,18,21);1-2H,(H,5,6)(H,7,8). The largest absolute Gasteiger partial charge is 0.478 e. The Morgan fingerprint density at radius 3 is 1.88 bits per heavy atom. The first-order chi connectivity index (χ1) is 15.1. The highest BCUT2D eigenvalue weighted by atomic mass is 32.2. The van der Waals surface area contributed by atoms with E-state index in [-0.39, 0.29) is 18.3 Å². The van der Waals surface area contributed by atoms with Crippen molar-refractivity contribution in [3.05, 3.63) is 42.5 Å². The maximum Gasteiger partial charge on any atom is 0.328 e. The average Bonchev–Trinajstić information content (AvgIpc) is 2.76. The number of carbonyl (C=O) groups is 3. The third kappa shape index (κ3) is 12.7. The summed E-state index contributed by atoms with van der Waals surface area (Å²) in [5, 5.41) is 18.5. The van der Waals surface area contributed by atoms with Gasteiger partial charge in [0.1, 0.15) is 0 Å². The van der Waals surface area contributed by atoms with Crippen LogP contribution < -0.4 is 5.32 Å². The zero-order valence-corrected chi connectivity index (χ0v) is 19.5. The molecule has 0 aliphatic carbocycles. The number of benzene rings is 1. The predicted molar refractivity (Wildman–Crippen MR) is 121 cm³/mol. The van der Waals surface area contributed by atoms with E-state index in [9.17, 15) is 22.8 Å². The molecule has 3 N–H and O–H groups in total. The molecule has 0 bridgehead atoms. The number of carboxylic acid groups (broad SMARTS) is 2. The Morgan fingerprint density at radius 1 is 0.906 bits per heavy atom. The highest BCUT2D eigenvalue weighted by molar-refractivity contribution is 7.91. The molecular weight excluding hydrogens is 438 g/mol. The van der Waals surface area contributed by atoms with Gasteiger partial charge < -0.3 is 25.3 Å². The molecule has 0 unspecified atom stereocenters. The maximum atomic E-state index is 12.3. The number of aliphatic carboxylic acids is 2. The van der Waals surface area contributed by atoms with E-state index in [2.05, 4.69) is 24.1 Å². The van der Waals surface area contributed by atoms with Gasteiger partial charge in [-0.05, 0) is 32.1 Å². The van der Waals surface area contributed by atoms with Crippen LogP contribution in [0, 0.1) is 0 Å². The minimum atomic E-state index is -3.37. The van der Waals surface area contributed by atoms with Crippen LogP contribution in [0.2, 0.25) is 0 Å². The SMILES string of the molecule is CCN(CC)CCNC(=O)N(CC)CCS(=O)(=O)c1ccccc1.O=C(O)C=CC(=O)O. The van der Waals surface area contributed by atoms with Gasteiger partial charge in [-0.3, -0.25) is 0 Å². The molecule has 180 valence electrons. The lowest BCUT2D eigenvalue weighted by molar-refractivity contribution is -0.134. The molecule has 0 radical (unpaired) electrons. The molecular formula is C21H33N3O7S. The molecule has 0 atom stereocenters. The van der Waals surface area contributed by atoms with Gasteiger partial charge in [0.2, 0.25) is 0 Å². The second-order valence-electron chi connectivity index (χ2n) is 6.48. The third-order valence-electron chi connectivity index (χ3n) is 4.37. The number of carboxylic acids is 2. The van der Waals surface area contributed by atoms with Crippen molar-refractivity contribution >= 4 is 27.8 Å². The monoisotopic (exact) mass is 471 g/mol. The summed E-state index contributed by atoms with van der Waals surface area (Å²) in [6.45, 7) is 9.90. The number of carbonyl (C=O) groups excluding carboxylic acids is 1. The van der Waals surface area contributed by atoms with Crippen molar-refractivity contribution in [1.29, 1.82) is 0 Å². The van der Waals surface area contributed by atoms with E-state index in [1.165, 1.54) is 4.90 Å². The number of nitrogens with zero attached hydrogens (tertiary/aromatic N) is 2. The summed E-state index contributed by atoms with van der Waals surface area (Å²) in [5.74, 6) is -2.59. The number of urea groups is 1. The summed E-state index contributed by atoms with van der Waals surface area (Å²) in [5.41, 5.74) is 0. The Hall–Kier alpha value is -2.92. The van der Waals surface area contributed by atoms with Gasteiger partial charge in [-0.15, -0.1) is 0 Å². The lowest BCUT2D eigenvalue weighted by Crippen LogP contribution is -2.44. The summed E-state index contributed by atoms with van der Waals surface area (Å²) < 4.78 is 24.6. The smallest absolute Gasteiger partial charge is 0.328 e. The fraction of sp³-hybridized carbons (Fsp3) is 0.476. The lowest BCUT2D eigenvalue weighted by atomic mass is 10.4. The first-order valence-corrected chi connectivity index (χ1v) is 11.9. The molecule has 1 rings (SSSR count). The van der Waals surface area contributed by atoms with Crippen LogP contribution in [-0.4, -0.2) is 91.4 Å². The molecule has 0 saturated heterocycles. The molecule has 1 aromatic rings. The average molecular weight is 472 g/mol. The Morgan fingerprint density at radius 2 is 1.44 bits per heavy atom. The van der Waals surface area contributed by atoms with Gasteiger partial charge in [0, 0.05) is 38.3 Å². The van der Waals surface area contributed by atoms with Crippen LogP contribution in [0.1, 0.15) is 20.8 Å². The quantitative estimate of drug-likeness (QED) is 0.389. The van der Waals surface area contributed by atoms with Crippen LogP contribution in [0.25, 0.3) is 0 Å². The summed E-state index contributed by atoms with van der Waals surface area (Å²) in [4.78, 5) is 35.3. The summed E-state index contributed by atoms with van der Waals surface area (Å²) in [6, 6.07) is 8.12. The number of amides is 2. The van der Waals surface area contributed by atoms with Crippen LogP contribution in [-0.2, 0) is 19.4 Å². The number of hydrogen-bond acceptors (Lipinski definition) is 6. The zero-order chi connectivity index (χ0) is 24.6. The van der Waals surface area contributed by atoms with E-state index in [1.54, 1.807) is 30.3 Å². The van der Waals surface area contributed by atoms with Crippen LogP contribution >= 0.6 is 0 Å². The third-order valence-corrected chi connectivity index (χ3v) is 6.08. The minimum absolute atomic E-state index is 0.0751. The summed E-state index contributed by atoms with van der Waals surface area (Å²) >= 11 is 0. The number of nitrogens with one attached hydrogen (secondary N) is 1. The Labute approximate surface area is 189 Å². The first kappa shape index (κ1) is 29.1. The van der Waals surface area contributed by atoms with Crippen molar-refractivity contribution in [2.24, 2.45) is 0 Å². The van der Waals surface area contributed by atoms with Gasteiger partial charge >= 0.3 is 18.0 Å². The molecule has 0 saturated carbocycles. The Balaban J connectivity index is 0.00000102. The van der Waals surface area contributed by atoms with Crippen molar-refractivity contribution in [3.8, 4) is 0 Å². The molecule has 1 aromatic carbocycles. The van der Waals surface area contributed by atoms with Gasteiger partial charge in [0.25, 0.3) is 0 Å². The van der Waals surface area contributed by atoms with Gasteiger partial charge in [-0.2, -0.15) is 0 Å². The number of likely N-dealkylation sites (N-methyl/N-ethyl adjacent to an activating group) is 1. The molecule has 32 heavy (non-hydrogen) atoms. The van der Waals surface area contributed by atoms with Crippen molar-refractivity contribution in [3.63, 3.8) is 0 Å². The van der Waals surface area contributed by atoms with E-state index < -0.39 is 21.8 Å². The van der Waals surface area contributed by atoms with Crippen molar-refractivity contribution in [2.45, 2.75) is 25.7 Å². The molecule has 0 heterocycles. The van der Waals surface area contributed by atoms with Gasteiger partial charge in [-0.1, -0.05) is 32.0 Å². The number of hydrogen-bond donors (Lipinski definition) is 3. The van der Waals surface area contributed by atoms with Crippen molar-refractivity contribution in [1.82, 2.24) is 15.1 Å². The predicted octanol–water partition coefficient (Wildman–Crippen LogP) is 1.55. The molecule has 0 aliphatic heterocycles. The summed E-state index contributed by atoms with van der Waals surface area (Å²) in [6.07, 6.45) is 1.12. The zero-order valence-electron chi connectivity index (χ0n) is 18.7. The van der Waals surface area contributed by atoms with Gasteiger partial charge in [0.15, 0.2) is 9.84 Å². The highest BCUT2D eigenvalue weighted by Gasteiger charge is 2.18. The maximum absolute atomic E-state index is 12.3. The molecule has 0 aliphatic rings. The highest BCUT2D eigenvalue weighted by Crippen LogP contribution is 2.10. The molecule has 0 fully saturated rings. The second-order valence-corrected chi connectivity index (χ2v) is 8.59. The van der Waals surface area contributed by atoms with Crippen LogP contribution in [0.4, 0.5) is 4.79 Å². The van der Waals surface area contributed by atoms with E-state index in [0.717, 1.165) is 19.6 Å². The molecule has 0 aromatic heterocycles.